The molecule has 158 valence electrons. The molecule has 2 aromatic rings. The predicted molar refractivity (Wildman–Crippen MR) is 117 cm³/mol. The molecule has 29 heavy (non-hydrogen) atoms. The van der Waals surface area contributed by atoms with Crippen LogP contribution in [0.15, 0.2) is 41.3 Å². The number of halogens is 2. The smallest absolute Gasteiger partial charge is 0.257 e. The van der Waals surface area contributed by atoms with E-state index in [4.69, 9.17) is 27.9 Å². The van der Waals surface area contributed by atoms with Gasteiger partial charge < -0.3 is 10.1 Å². The van der Waals surface area contributed by atoms with Gasteiger partial charge in [-0.1, -0.05) is 37.0 Å². The van der Waals surface area contributed by atoms with Crippen molar-refractivity contribution in [3.63, 3.8) is 0 Å². The number of anilines is 1. The highest BCUT2D eigenvalue weighted by Gasteiger charge is 2.24. The summed E-state index contributed by atoms with van der Waals surface area (Å²) in [6, 6.07) is 8.93. The van der Waals surface area contributed by atoms with Gasteiger partial charge in [-0.2, -0.15) is 4.31 Å². The molecule has 9 heteroatoms. The molecule has 0 aromatic heterocycles. The average molecular weight is 459 g/mol. The first-order chi connectivity index (χ1) is 13.6. The van der Waals surface area contributed by atoms with Gasteiger partial charge in [0.15, 0.2) is 0 Å². The molecule has 1 N–H and O–H groups in total. The van der Waals surface area contributed by atoms with E-state index in [0.717, 1.165) is 0 Å². The van der Waals surface area contributed by atoms with E-state index in [2.05, 4.69) is 5.32 Å². The fraction of sp³-hybridized carbons (Fsp3) is 0.350. The third kappa shape index (κ3) is 5.63. The summed E-state index contributed by atoms with van der Waals surface area (Å²) in [7, 11) is -3.70. The molecule has 0 radical (unpaired) electrons. The molecular formula is C20H24Cl2N2O4S. The molecule has 0 bridgehead atoms. The summed E-state index contributed by atoms with van der Waals surface area (Å²) in [6.07, 6.45) is -0.175. The van der Waals surface area contributed by atoms with Gasteiger partial charge in [-0.25, -0.2) is 8.42 Å². The van der Waals surface area contributed by atoms with Crippen LogP contribution in [0.25, 0.3) is 0 Å². The van der Waals surface area contributed by atoms with Crippen molar-refractivity contribution in [1.82, 2.24) is 4.31 Å². The monoisotopic (exact) mass is 458 g/mol. The number of nitrogens with one attached hydrogen (secondary N) is 1. The minimum Gasteiger partial charge on any atom is -0.489 e. The Balaban J connectivity index is 2.49. The predicted octanol–water partition coefficient (Wildman–Crippen LogP) is 5.06. The van der Waals surface area contributed by atoms with E-state index in [1.165, 1.54) is 34.6 Å². The molecule has 1 amide bonds. The summed E-state index contributed by atoms with van der Waals surface area (Å²) in [4.78, 5) is 12.8. The van der Waals surface area contributed by atoms with Crippen LogP contribution in [-0.2, 0) is 10.0 Å². The lowest BCUT2D eigenvalue weighted by molar-refractivity contribution is 0.102. The molecule has 2 rings (SSSR count). The van der Waals surface area contributed by atoms with E-state index in [1.807, 2.05) is 13.8 Å². The van der Waals surface area contributed by atoms with Gasteiger partial charge in [-0.3, -0.25) is 4.79 Å². The molecular weight excluding hydrogens is 435 g/mol. The second kappa shape index (κ2) is 9.80. The largest absolute Gasteiger partial charge is 0.489 e. The van der Waals surface area contributed by atoms with E-state index >= 15 is 0 Å². The summed E-state index contributed by atoms with van der Waals surface area (Å²) < 4.78 is 32.8. The van der Waals surface area contributed by atoms with E-state index < -0.39 is 15.9 Å². The van der Waals surface area contributed by atoms with Crippen LogP contribution in [0.3, 0.4) is 0 Å². The van der Waals surface area contributed by atoms with E-state index in [-0.39, 0.29) is 27.3 Å². The number of carbonyl (C=O) groups excluding carboxylic acids is 1. The quantitative estimate of drug-likeness (QED) is 0.599. The highest BCUT2D eigenvalue weighted by Crippen LogP contribution is 2.31. The van der Waals surface area contributed by atoms with E-state index in [1.54, 1.807) is 19.9 Å². The second-order valence-electron chi connectivity index (χ2n) is 6.49. The van der Waals surface area contributed by atoms with Gasteiger partial charge >= 0.3 is 0 Å². The molecule has 0 spiro atoms. The second-order valence-corrected chi connectivity index (χ2v) is 9.27. The lowest BCUT2D eigenvalue weighted by Gasteiger charge is -2.20. The molecule has 0 atom stereocenters. The topological polar surface area (TPSA) is 75.7 Å². The van der Waals surface area contributed by atoms with Gasteiger partial charge in [0.2, 0.25) is 10.0 Å². The number of amides is 1. The normalized spacial score (nSPS) is 11.7. The Kier molecular flexibility index (Phi) is 7.94. The Morgan fingerprint density at radius 1 is 1.10 bits per heavy atom. The first kappa shape index (κ1) is 23.5. The Morgan fingerprint density at radius 2 is 1.76 bits per heavy atom. The number of nitrogens with zero attached hydrogens (tertiary/aromatic N) is 1. The van der Waals surface area contributed by atoms with Crippen molar-refractivity contribution in [3.8, 4) is 5.75 Å². The van der Waals surface area contributed by atoms with Crippen molar-refractivity contribution in [2.75, 3.05) is 18.4 Å². The van der Waals surface area contributed by atoms with Crippen LogP contribution >= 0.6 is 23.2 Å². The third-order valence-corrected chi connectivity index (χ3v) is 6.69. The lowest BCUT2D eigenvalue weighted by atomic mass is 10.2. The van der Waals surface area contributed by atoms with Crippen LogP contribution in [0.1, 0.15) is 38.1 Å². The van der Waals surface area contributed by atoms with Gasteiger partial charge in [-0.15, -0.1) is 0 Å². The van der Waals surface area contributed by atoms with Crippen molar-refractivity contribution in [1.29, 1.82) is 0 Å². The number of ether oxygens (including phenoxy) is 1. The Morgan fingerprint density at radius 3 is 2.34 bits per heavy atom. The Labute approximate surface area is 181 Å². The number of carbonyl (C=O) groups is 1. The zero-order valence-electron chi connectivity index (χ0n) is 16.7. The molecule has 0 aliphatic carbocycles. The van der Waals surface area contributed by atoms with E-state index in [0.29, 0.717) is 23.9 Å². The molecule has 6 nitrogen and oxygen atoms in total. The number of sulfonamides is 1. The van der Waals surface area contributed by atoms with Gasteiger partial charge in [0, 0.05) is 18.1 Å². The molecule has 0 saturated heterocycles. The van der Waals surface area contributed by atoms with Gasteiger partial charge in [0.25, 0.3) is 5.91 Å². The number of hydrogen-bond donors (Lipinski definition) is 1. The Bertz CT molecular complexity index is 990. The summed E-state index contributed by atoms with van der Waals surface area (Å²) in [5.74, 6) is -0.173. The van der Waals surface area contributed by atoms with Crippen LogP contribution in [0.2, 0.25) is 10.0 Å². The Hall–Kier alpha value is -1.80. The van der Waals surface area contributed by atoms with Crippen molar-refractivity contribution >= 4 is 44.8 Å². The van der Waals surface area contributed by atoms with Crippen molar-refractivity contribution in [2.45, 2.75) is 38.7 Å². The SMILES string of the molecule is CCN(CC)S(=O)(=O)c1ccc(OC(C)C)c(NC(=O)c2cc(Cl)ccc2Cl)c1. The fourth-order valence-electron chi connectivity index (χ4n) is 2.70. The number of benzene rings is 2. The highest BCUT2D eigenvalue weighted by atomic mass is 35.5. The van der Waals surface area contributed by atoms with Crippen LogP contribution in [0.5, 0.6) is 5.75 Å². The van der Waals surface area contributed by atoms with Crippen LogP contribution in [-0.4, -0.2) is 37.8 Å². The van der Waals surface area contributed by atoms with Gasteiger partial charge in [-0.05, 0) is 50.2 Å². The molecule has 0 fully saturated rings. The van der Waals surface area contributed by atoms with Crippen molar-refractivity contribution in [3.05, 3.63) is 52.0 Å². The van der Waals surface area contributed by atoms with Crippen molar-refractivity contribution < 1.29 is 17.9 Å². The van der Waals surface area contributed by atoms with Gasteiger partial charge in [0.1, 0.15) is 5.75 Å². The lowest BCUT2D eigenvalue weighted by Crippen LogP contribution is -2.30. The molecule has 0 unspecified atom stereocenters. The first-order valence-corrected chi connectivity index (χ1v) is 11.4. The maximum atomic E-state index is 12.9. The molecule has 0 aliphatic heterocycles. The van der Waals surface area contributed by atoms with Crippen LogP contribution in [0, 0.1) is 0 Å². The number of hydrogen-bond acceptors (Lipinski definition) is 4. The molecule has 0 saturated carbocycles. The van der Waals surface area contributed by atoms with Crippen molar-refractivity contribution in [2.24, 2.45) is 0 Å². The average Bonchev–Trinajstić information content (AvgIpc) is 2.65. The minimum atomic E-state index is -3.70. The third-order valence-electron chi connectivity index (χ3n) is 4.08. The zero-order valence-corrected chi connectivity index (χ0v) is 19.0. The zero-order chi connectivity index (χ0) is 21.8. The summed E-state index contributed by atoms with van der Waals surface area (Å²) >= 11 is 12.1. The molecule has 0 aliphatic rings. The van der Waals surface area contributed by atoms with Gasteiger partial charge in [0.05, 0.1) is 27.3 Å². The van der Waals surface area contributed by atoms with E-state index in [9.17, 15) is 13.2 Å². The van der Waals surface area contributed by atoms with Crippen LogP contribution in [0.4, 0.5) is 5.69 Å². The molecule has 0 heterocycles. The standard InChI is InChI=1S/C20H24Cl2N2O4S/c1-5-24(6-2)29(26,27)15-8-10-19(28-13(3)4)18(12-15)23-20(25)16-11-14(21)7-9-17(16)22/h7-13H,5-6H2,1-4H3,(H,23,25). The highest BCUT2D eigenvalue weighted by molar-refractivity contribution is 7.89. The fourth-order valence-corrected chi connectivity index (χ4v) is 4.56. The maximum Gasteiger partial charge on any atom is 0.257 e. The summed E-state index contributed by atoms with van der Waals surface area (Å²) in [6.45, 7) is 7.87. The summed E-state index contributed by atoms with van der Waals surface area (Å²) in [5.41, 5.74) is 0.402. The first-order valence-electron chi connectivity index (χ1n) is 9.17. The number of rotatable bonds is 8. The summed E-state index contributed by atoms with van der Waals surface area (Å²) in [5, 5.41) is 3.28. The maximum absolute atomic E-state index is 12.9. The minimum absolute atomic E-state index is 0.0600. The molecule has 2 aromatic carbocycles. The van der Waals surface area contributed by atoms with Crippen LogP contribution < -0.4 is 10.1 Å².